The second kappa shape index (κ2) is 17.1. The summed E-state index contributed by atoms with van der Waals surface area (Å²) in [4.78, 5) is 39.5. The number of nitro groups is 1. The fourth-order valence-corrected chi connectivity index (χ4v) is 10.0. The van der Waals surface area contributed by atoms with Gasteiger partial charge in [0.2, 0.25) is 0 Å². The predicted molar refractivity (Wildman–Crippen MR) is 227 cm³/mol. The zero-order chi connectivity index (χ0) is 40.4. The topological polar surface area (TPSA) is 166 Å². The second-order valence-corrected chi connectivity index (χ2v) is 18.0. The van der Waals surface area contributed by atoms with Crippen LogP contribution in [-0.2, 0) is 16.4 Å². The van der Waals surface area contributed by atoms with Crippen molar-refractivity contribution in [3.8, 4) is 11.5 Å². The number of H-pyrrole nitrogens is 1. The van der Waals surface area contributed by atoms with Gasteiger partial charge in [-0.1, -0.05) is 34.5 Å². The number of carbonyl (C=O) groups excluding carboxylic acids is 1. The number of likely N-dealkylation sites (tertiary alicyclic amines) is 1. The summed E-state index contributed by atoms with van der Waals surface area (Å²) in [5.74, 6) is -0.0828. The molecule has 3 aliphatic rings. The van der Waals surface area contributed by atoms with Crippen LogP contribution in [-0.4, -0.2) is 91.9 Å². The number of fused-ring (bicyclic) bond motifs is 2. The Bertz CT molecular complexity index is 2430. The number of piperidine rings is 1. The lowest BCUT2D eigenvalue weighted by molar-refractivity contribution is -0.384. The van der Waals surface area contributed by atoms with Crippen molar-refractivity contribution in [2.45, 2.75) is 49.5 Å². The third-order valence-corrected chi connectivity index (χ3v) is 13.8. The van der Waals surface area contributed by atoms with Crippen LogP contribution in [0, 0.1) is 16.0 Å². The third kappa shape index (κ3) is 8.70. The Morgan fingerprint density at radius 1 is 1.00 bits per heavy atom. The van der Waals surface area contributed by atoms with Gasteiger partial charge in [-0.25, -0.2) is 18.1 Å². The SMILES string of the molecule is CN1CCC(CNc2ccc(S(=O)(=O)NC(=O)c3ccc(N4CCN([C@@H]5CCCCc6c(Br)cccc65)CC4)cc3Oc3cnc4[nH]ccc4c3)cc2[N+](=O)[O-])CC1. The van der Waals surface area contributed by atoms with E-state index in [2.05, 4.69) is 75.9 Å². The first kappa shape index (κ1) is 39.8. The lowest BCUT2D eigenvalue weighted by Gasteiger charge is -2.40. The second-order valence-electron chi connectivity index (χ2n) is 15.5. The molecule has 14 nitrogen and oxygen atoms in total. The van der Waals surface area contributed by atoms with Gasteiger partial charge in [-0.3, -0.25) is 19.8 Å². The minimum absolute atomic E-state index is 0.0216. The predicted octanol–water partition coefficient (Wildman–Crippen LogP) is 7.49. The number of hydrogen-bond donors (Lipinski definition) is 3. The van der Waals surface area contributed by atoms with Crippen molar-refractivity contribution < 1.29 is 22.9 Å². The Balaban J connectivity index is 1.02. The molecule has 8 rings (SSSR count). The lowest BCUT2D eigenvalue weighted by Crippen LogP contribution is -2.47. The quantitative estimate of drug-likeness (QED) is 0.0684. The number of hydrogen-bond acceptors (Lipinski definition) is 11. The number of halogens is 1. The highest BCUT2D eigenvalue weighted by atomic mass is 79.9. The molecule has 0 saturated carbocycles. The molecule has 0 unspecified atom stereocenters. The Kier molecular flexibility index (Phi) is 11.7. The van der Waals surface area contributed by atoms with Crippen molar-refractivity contribution >= 4 is 60.0 Å². The van der Waals surface area contributed by atoms with Gasteiger partial charge in [-0.2, -0.15) is 0 Å². The first-order chi connectivity index (χ1) is 28.0. The first-order valence-corrected chi connectivity index (χ1v) is 22.1. The van der Waals surface area contributed by atoms with Crippen LogP contribution in [0.15, 0.2) is 88.5 Å². The molecule has 3 N–H and O–H groups in total. The van der Waals surface area contributed by atoms with Gasteiger partial charge in [0.25, 0.3) is 21.6 Å². The molecule has 16 heteroatoms. The van der Waals surface area contributed by atoms with E-state index in [0.29, 0.717) is 29.9 Å². The number of pyridine rings is 1. The molecule has 2 saturated heterocycles. The summed E-state index contributed by atoms with van der Waals surface area (Å²) in [7, 11) is -2.47. The van der Waals surface area contributed by atoms with Gasteiger partial charge in [0.1, 0.15) is 22.8 Å². The molecule has 1 aliphatic carbocycles. The number of amides is 1. The van der Waals surface area contributed by atoms with E-state index < -0.39 is 25.7 Å². The molecule has 1 amide bonds. The number of benzene rings is 3. The van der Waals surface area contributed by atoms with E-state index >= 15 is 0 Å². The van der Waals surface area contributed by atoms with Crippen LogP contribution in [0.25, 0.3) is 11.0 Å². The number of piperazine rings is 1. The van der Waals surface area contributed by atoms with Crippen LogP contribution in [0.3, 0.4) is 0 Å². The van der Waals surface area contributed by atoms with Gasteiger partial charge < -0.3 is 24.8 Å². The molecule has 1 atom stereocenters. The molecule has 304 valence electrons. The number of nitrogens with zero attached hydrogens (tertiary/aromatic N) is 5. The molecule has 0 spiro atoms. The van der Waals surface area contributed by atoms with E-state index in [9.17, 15) is 23.3 Å². The van der Waals surface area contributed by atoms with Crippen molar-refractivity contribution in [2.24, 2.45) is 5.92 Å². The normalized spacial score (nSPS) is 18.4. The first-order valence-electron chi connectivity index (χ1n) is 19.8. The summed E-state index contributed by atoms with van der Waals surface area (Å²) in [6.45, 7) is 5.62. The minimum Gasteiger partial charge on any atom is -0.455 e. The van der Waals surface area contributed by atoms with Crippen LogP contribution >= 0.6 is 15.9 Å². The number of aromatic nitrogens is 2. The number of carbonyl (C=O) groups is 1. The zero-order valence-corrected chi connectivity index (χ0v) is 34.7. The van der Waals surface area contributed by atoms with Crippen LogP contribution < -0.4 is 19.7 Å². The summed E-state index contributed by atoms with van der Waals surface area (Å²) in [5.41, 5.74) is 4.12. The largest absolute Gasteiger partial charge is 0.455 e. The fraction of sp³-hybridized carbons (Fsp3) is 0.381. The highest BCUT2D eigenvalue weighted by Crippen LogP contribution is 2.38. The average Bonchev–Trinajstić information content (AvgIpc) is 3.58. The molecule has 2 fully saturated rings. The fourth-order valence-electron chi connectivity index (χ4n) is 8.44. The van der Waals surface area contributed by atoms with Crippen molar-refractivity contribution in [3.63, 3.8) is 0 Å². The Morgan fingerprint density at radius 2 is 1.81 bits per heavy atom. The van der Waals surface area contributed by atoms with Gasteiger partial charge in [-0.05, 0) is 112 Å². The number of anilines is 2. The molecule has 2 aromatic heterocycles. The number of rotatable bonds is 11. The van der Waals surface area contributed by atoms with E-state index in [0.717, 1.165) is 82.1 Å². The highest BCUT2D eigenvalue weighted by molar-refractivity contribution is 9.10. The van der Waals surface area contributed by atoms with E-state index in [1.807, 2.05) is 6.07 Å². The summed E-state index contributed by atoms with van der Waals surface area (Å²) in [5, 5.41) is 16.1. The smallest absolute Gasteiger partial charge is 0.293 e. The molecular formula is C42H47BrN8O6S. The molecule has 0 radical (unpaired) electrons. The van der Waals surface area contributed by atoms with Crippen molar-refractivity contribution in [2.75, 3.05) is 63.1 Å². The average molecular weight is 872 g/mol. The summed E-state index contributed by atoms with van der Waals surface area (Å²) in [6.07, 6.45) is 9.76. The number of sulfonamides is 1. The lowest BCUT2D eigenvalue weighted by atomic mass is 9.97. The van der Waals surface area contributed by atoms with Crippen molar-refractivity contribution in [1.82, 2.24) is 24.5 Å². The monoisotopic (exact) mass is 870 g/mol. The molecule has 4 heterocycles. The van der Waals surface area contributed by atoms with E-state index in [-0.39, 0.29) is 22.7 Å². The molecule has 58 heavy (non-hydrogen) atoms. The molecular weight excluding hydrogens is 824 g/mol. The van der Waals surface area contributed by atoms with E-state index in [1.54, 1.807) is 30.5 Å². The van der Waals surface area contributed by atoms with E-state index in [1.165, 1.54) is 46.8 Å². The van der Waals surface area contributed by atoms with Gasteiger partial charge in [0.15, 0.2) is 0 Å². The Morgan fingerprint density at radius 3 is 2.60 bits per heavy atom. The number of aromatic amines is 1. The van der Waals surface area contributed by atoms with Crippen LogP contribution in [0.4, 0.5) is 17.1 Å². The third-order valence-electron chi connectivity index (χ3n) is 11.7. The molecule has 2 aliphatic heterocycles. The van der Waals surface area contributed by atoms with Gasteiger partial charge >= 0.3 is 0 Å². The van der Waals surface area contributed by atoms with Gasteiger partial charge in [-0.15, -0.1) is 0 Å². The van der Waals surface area contributed by atoms with Gasteiger partial charge in [0, 0.05) is 72.6 Å². The number of nitrogens with one attached hydrogen (secondary N) is 3. The summed E-state index contributed by atoms with van der Waals surface area (Å²) < 4.78 is 37.0. The minimum atomic E-state index is -4.54. The van der Waals surface area contributed by atoms with Crippen LogP contribution in [0.2, 0.25) is 0 Å². The maximum atomic E-state index is 13.9. The Hall–Kier alpha value is -5.03. The summed E-state index contributed by atoms with van der Waals surface area (Å²) in [6, 6.07) is 19.2. The molecule has 3 aromatic carbocycles. The maximum absolute atomic E-state index is 13.9. The van der Waals surface area contributed by atoms with E-state index in [4.69, 9.17) is 4.74 Å². The van der Waals surface area contributed by atoms with Gasteiger partial charge in [0.05, 0.1) is 21.6 Å². The maximum Gasteiger partial charge on any atom is 0.293 e. The number of nitro benzene ring substituents is 1. The van der Waals surface area contributed by atoms with Crippen LogP contribution in [0.1, 0.15) is 59.6 Å². The highest BCUT2D eigenvalue weighted by Gasteiger charge is 2.30. The van der Waals surface area contributed by atoms with Crippen molar-refractivity contribution in [1.29, 1.82) is 0 Å². The van der Waals surface area contributed by atoms with Crippen LogP contribution in [0.5, 0.6) is 11.5 Å². The zero-order valence-electron chi connectivity index (χ0n) is 32.3. The Labute approximate surface area is 346 Å². The molecule has 5 aromatic rings. The van der Waals surface area contributed by atoms with Crippen molar-refractivity contribution in [3.05, 3.63) is 110 Å². The summed E-state index contributed by atoms with van der Waals surface area (Å²) >= 11 is 3.79. The molecule has 0 bridgehead atoms. The number of ether oxygens (including phenoxy) is 1. The standard InChI is InChI=1S/C42H47BrN8O6S/c1-48-17-14-28(15-18-48)26-45-37-12-10-32(25-39(37)51(53)54)58(55,56)47-42(52)35-11-9-30(24-40(35)57-31-23-29-13-16-44-41(29)46-27-31)49-19-21-50(22-20-49)38-8-3-2-5-33-34(38)6-4-7-36(33)43/h4,6-7,9-13,16,23-25,27-28,38,45H,2-3,5,8,14-15,17-22,26H2,1H3,(H,44,46)(H,47,52)/t38-/m1/s1.